The quantitative estimate of drug-likeness (QED) is 0.705. The van der Waals surface area contributed by atoms with Crippen molar-refractivity contribution in [1.29, 1.82) is 5.26 Å². The molecule has 0 aliphatic heterocycles. The van der Waals surface area contributed by atoms with Crippen LogP contribution in [0.1, 0.15) is 30.9 Å². The van der Waals surface area contributed by atoms with Crippen molar-refractivity contribution in [1.82, 2.24) is 9.78 Å². The van der Waals surface area contributed by atoms with E-state index in [0.29, 0.717) is 18.4 Å². The SMILES string of the molecule is Cc1cnn(C(CC#N)C2CC2)c1. The highest BCUT2D eigenvalue weighted by Crippen LogP contribution is 2.41. The second-order valence-corrected chi connectivity index (χ2v) is 3.76. The smallest absolute Gasteiger partial charge is 0.0677 e. The van der Waals surface area contributed by atoms with Gasteiger partial charge < -0.3 is 0 Å². The fourth-order valence-corrected chi connectivity index (χ4v) is 1.67. The van der Waals surface area contributed by atoms with Crippen molar-refractivity contribution < 1.29 is 0 Å². The summed E-state index contributed by atoms with van der Waals surface area (Å²) in [5, 5.41) is 13.0. The lowest BCUT2D eigenvalue weighted by Crippen LogP contribution is -2.10. The predicted octanol–water partition coefficient (Wildman–Crippen LogP) is 2.06. The fraction of sp³-hybridized carbons (Fsp3) is 0.600. The van der Waals surface area contributed by atoms with E-state index in [1.54, 1.807) is 0 Å². The minimum absolute atomic E-state index is 0.318. The van der Waals surface area contributed by atoms with Gasteiger partial charge in [0.25, 0.3) is 0 Å². The van der Waals surface area contributed by atoms with E-state index < -0.39 is 0 Å². The molecule has 1 fully saturated rings. The third kappa shape index (κ3) is 1.72. The zero-order valence-electron chi connectivity index (χ0n) is 7.77. The molecule has 1 unspecified atom stereocenters. The Morgan fingerprint density at radius 2 is 2.54 bits per heavy atom. The molecule has 1 saturated carbocycles. The average Bonchev–Trinajstić information content (AvgIpc) is 2.85. The summed E-state index contributed by atoms with van der Waals surface area (Å²) in [4.78, 5) is 0. The first-order valence-corrected chi connectivity index (χ1v) is 4.69. The molecule has 0 amide bonds. The highest BCUT2D eigenvalue weighted by molar-refractivity contribution is 5.02. The van der Waals surface area contributed by atoms with Crippen LogP contribution in [0.3, 0.4) is 0 Å². The molecule has 1 aromatic rings. The van der Waals surface area contributed by atoms with Crippen LogP contribution in [-0.2, 0) is 0 Å². The number of aryl methyl sites for hydroxylation is 1. The molecule has 1 heterocycles. The maximum atomic E-state index is 8.69. The van der Waals surface area contributed by atoms with Crippen molar-refractivity contribution in [2.45, 2.75) is 32.2 Å². The molecule has 0 bridgehead atoms. The van der Waals surface area contributed by atoms with Crippen molar-refractivity contribution in [3.63, 3.8) is 0 Å². The summed E-state index contributed by atoms with van der Waals surface area (Å²) in [7, 11) is 0. The van der Waals surface area contributed by atoms with Crippen molar-refractivity contribution in [3.05, 3.63) is 18.0 Å². The third-order valence-electron chi connectivity index (χ3n) is 2.54. The van der Waals surface area contributed by atoms with Gasteiger partial charge in [0.2, 0.25) is 0 Å². The second-order valence-electron chi connectivity index (χ2n) is 3.76. The predicted molar refractivity (Wildman–Crippen MR) is 49.0 cm³/mol. The molecule has 1 aromatic heterocycles. The van der Waals surface area contributed by atoms with E-state index >= 15 is 0 Å². The highest BCUT2D eigenvalue weighted by Gasteiger charge is 2.32. The molecule has 0 saturated heterocycles. The van der Waals surface area contributed by atoms with Gasteiger partial charge in [-0.25, -0.2) is 0 Å². The van der Waals surface area contributed by atoms with Gasteiger partial charge in [-0.3, -0.25) is 4.68 Å². The largest absolute Gasteiger partial charge is 0.268 e. The normalized spacial score (nSPS) is 18.2. The summed E-state index contributed by atoms with van der Waals surface area (Å²) in [5.74, 6) is 0.693. The summed E-state index contributed by atoms with van der Waals surface area (Å²) in [6.45, 7) is 2.03. The molecule has 0 N–H and O–H groups in total. The van der Waals surface area contributed by atoms with Crippen LogP contribution in [0.25, 0.3) is 0 Å². The Hall–Kier alpha value is -1.30. The van der Waals surface area contributed by atoms with E-state index in [1.165, 1.54) is 18.4 Å². The fourth-order valence-electron chi connectivity index (χ4n) is 1.67. The van der Waals surface area contributed by atoms with E-state index in [2.05, 4.69) is 11.2 Å². The standard InChI is InChI=1S/C10H13N3/c1-8-6-12-13(7-8)10(4-5-11)9-2-3-9/h6-7,9-10H,2-4H2,1H3. The van der Waals surface area contributed by atoms with Gasteiger partial charge in [-0.1, -0.05) is 0 Å². The Morgan fingerprint density at radius 1 is 1.77 bits per heavy atom. The van der Waals surface area contributed by atoms with Crippen LogP contribution in [0.2, 0.25) is 0 Å². The molecule has 68 valence electrons. The van der Waals surface area contributed by atoms with Crippen LogP contribution in [-0.4, -0.2) is 9.78 Å². The molecule has 3 nitrogen and oxygen atoms in total. The summed E-state index contributed by atoms with van der Waals surface area (Å²) >= 11 is 0. The maximum Gasteiger partial charge on any atom is 0.0677 e. The molecule has 1 aliphatic rings. The van der Waals surface area contributed by atoms with Crippen molar-refractivity contribution in [2.75, 3.05) is 0 Å². The van der Waals surface area contributed by atoms with Gasteiger partial charge in [-0.05, 0) is 31.2 Å². The van der Waals surface area contributed by atoms with Crippen molar-refractivity contribution in [2.24, 2.45) is 5.92 Å². The zero-order chi connectivity index (χ0) is 9.26. The molecule has 2 rings (SSSR count). The van der Waals surface area contributed by atoms with Crippen LogP contribution in [0.5, 0.6) is 0 Å². The summed E-state index contributed by atoms with van der Waals surface area (Å²) in [5.41, 5.74) is 1.17. The summed E-state index contributed by atoms with van der Waals surface area (Å²) in [6, 6.07) is 2.55. The number of hydrogen-bond acceptors (Lipinski definition) is 2. The zero-order valence-corrected chi connectivity index (χ0v) is 7.77. The Labute approximate surface area is 78.0 Å². The molecule has 0 radical (unpaired) electrons. The van der Waals surface area contributed by atoms with Crippen LogP contribution < -0.4 is 0 Å². The van der Waals surface area contributed by atoms with Gasteiger partial charge in [0.1, 0.15) is 0 Å². The number of nitriles is 1. The lowest BCUT2D eigenvalue weighted by atomic mass is 10.1. The van der Waals surface area contributed by atoms with E-state index in [1.807, 2.05) is 24.0 Å². The summed E-state index contributed by atoms with van der Waals surface area (Å²) in [6.07, 6.45) is 6.98. The Bertz CT molecular complexity index is 330. The van der Waals surface area contributed by atoms with Crippen LogP contribution in [0, 0.1) is 24.2 Å². The molecule has 13 heavy (non-hydrogen) atoms. The Balaban J connectivity index is 2.15. The van der Waals surface area contributed by atoms with Gasteiger partial charge in [0.15, 0.2) is 0 Å². The van der Waals surface area contributed by atoms with E-state index in [-0.39, 0.29) is 0 Å². The number of nitrogens with zero attached hydrogens (tertiary/aromatic N) is 3. The van der Waals surface area contributed by atoms with Crippen LogP contribution in [0.15, 0.2) is 12.4 Å². The van der Waals surface area contributed by atoms with E-state index in [9.17, 15) is 0 Å². The van der Waals surface area contributed by atoms with Crippen molar-refractivity contribution in [3.8, 4) is 6.07 Å². The molecule has 1 atom stereocenters. The summed E-state index contributed by atoms with van der Waals surface area (Å²) < 4.78 is 1.95. The van der Waals surface area contributed by atoms with Gasteiger partial charge >= 0.3 is 0 Å². The average molecular weight is 175 g/mol. The third-order valence-corrected chi connectivity index (χ3v) is 2.54. The van der Waals surface area contributed by atoms with Gasteiger partial charge in [0.05, 0.1) is 24.7 Å². The molecular weight excluding hydrogens is 162 g/mol. The molecular formula is C10H13N3. The molecule has 0 spiro atoms. The monoisotopic (exact) mass is 175 g/mol. The first-order chi connectivity index (χ1) is 6.31. The topological polar surface area (TPSA) is 41.6 Å². The number of aromatic nitrogens is 2. The lowest BCUT2D eigenvalue weighted by molar-refractivity contribution is 0.412. The van der Waals surface area contributed by atoms with Gasteiger partial charge in [-0.15, -0.1) is 0 Å². The second kappa shape index (κ2) is 3.21. The Kier molecular flexibility index (Phi) is 2.05. The highest BCUT2D eigenvalue weighted by atomic mass is 15.3. The van der Waals surface area contributed by atoms with Gasteiger partial charge in [-0.2, -0.15) is 10.4 Å². The van der Waals surface area contributed by atoms with E-state index in [4.69, 9.17) is 5.26 Å². The molecule has 1 aliphatic carbocycles. The number of hydrogen-bond donors (Lipinski definition) is 0. The molecule has 3 heteroatoms. The van der Waals surface area contributed by atoms with Crippen LogP contribution >= 0.6 is 0 Å². The molecule has 0 aromatic carbocycles. The van der Waals surface area contributed by atoms with Crippen molar-refractivity contribution >= 4 is 0 Å². The lowest BCUT2D eigenvalue weighted by Gasteiger charge is -2.12. The van der Waals surface area contributed by atoms with E-state index in [0.717, 1.165) is 0 Å². The minimum Gasteiger partial charge on any atom is -0.268 e. The maximum absolute atomic E-state index is 8.69. The first kappa shape index (κ1) is 8.31. The van der Waals surface area contributed by atoms with Crippen LogP contribution in [0.4, 0.5) is 0 Å². The van der Waals surface area contributed by atoms with Gasteiger partial charge in [0, 0.05) is 6.20 Å². The minimum atomic E-state index is 0.318. The first-order valence-electron chi connectivity index (χ1n) is 4.69. The number of rotatable bonds is 3. The Morgan fingerprint density at radius 3 is 3.00 bits per heavy atom.